The van der Waals surface area contributed by atoms with E-state index in [1.165, 1.54) is 6.07 Å². The van der Waals surface area contributed by atoms with Crippen molar-refractivity contribution in [3.63, 3.8) is 0 Å². The molecule has 1 fully saturated rings. The van der Waals surface area contributed by atoms with Crippen LogP contribution in [0.2, 0.25) is 5.02 Å². The lowest BCUT2D eigenvalue weighted by Crippen LogP contribution is -2.26. The molecule has 21 heavy (non-hydrogen) atoms. The van der Waals surface area contributed by atoms with E-state index in [2.05, 4.69) is 5.32 Å². The molecular formula is C15H17ClFNO3. The smallest absolute Gasteiger partial charge is 0.303 e. The van der Waals surface area contributed by atoms with Crippen molar-refractivity contribution in [3.05, 3.63) is 34.6 Å². The van der Waals surface area contributed by atoms with E-state index in [9.17, 15) is 14.0 Å². The fourth-order valence-corrected chi connectivity index (χ4v) is 2.72. The second kappa shape index (κ2) is 6.89. The Balaban J connectivity index is 1.78. The summed E-state index contributed by atoms with van der Waals surface area (Å²) in [4.78, 5) is 22.3. The summed E-state index contributed by atoms with van der Waals surface area (Å²) in [7, 11) is 0. The number of aliphatic carboxylic acids is 1. The Kier molecular flexibility index (Phi) is 5.17. The van der Waals surface area contributed by atoms with E-state index >= 15 is 0 Å². The lowest BCUT2D eigenvalue weighted by molar-refractivity contribution is -0.137. The molecule has 0 heterocycles. The van der Waals surface area contributed by atoms with E-state index < -0.39 is 5.97 Å². The highest BCUT2D eigenvalue weighted by Gasteiger charge is 2.45. The van der Waals surface area contributed by atoms with Crippen LogP contribution in [0.1, 0.15) is 37.2 Å². The van der Waals surface area contributed by atoms with Gasteiger partial charge >= 0.3 is 5.97 Å². The predicted octanol–water partition coefficient (Wildman–Crippen LogP) is 2.95. The number of carbonyl (C=O) groups excluding carboxylic acids is 1. The summed E-state index contributed by atoms with van der Waals surface area (Å²) in [6.07, 6.45) is 1.85. The van der Waals surface area contributed by atoms with Gasteiger partial charge in [0.25, 0.3) is 0 Å². The Labute approximate surface area is 127 Å². The molecule has 2 atom stereocenters. The molecule has 1 aromatic carbocycles. The number of amides is 1. The van der Waals surface area contributed by atoms with Crippen LogP contribution in [0.15, 0.2) is 18.2 Å². The monoisotopic (exact) mass is 313 g/mol. The van der Waals surface area contributed by atoms with Crippen LogP contribution in [0.3, 0.4) is 0 Å². The highest BCUT2D eigenvalue weighted by atomic mass is 35.5. The number of benzene rings is 1. The average molecular weight is 314 g/mol. The highest BCUT2D eigenvalue weighted by Crippen LogP contribution is 2.50. The van der Waals surface area contributed by atoms with Crippen LogP contribution in [0.4, 0.5) is 4.39 Å². The molecule has 0 aliphatic heterocycles. The maximum atomic E-state index is 13.7. The second-order valence-electron chi connectivity index (χ2n) is 5.23. The molecule has 4 nitrogen and oxygen atoms in total. The van der Waals surface area contributed by atoms with Crippen LogP contribution in [-0.4, -0.2) is 23.5 Å². The van der Waals surface area contributed by atoms with Crippen LogP contribution in [0, 0.1) is 11.7 Å². The van der Waals surface area contributed by atoms with Gasteiger partial charge in [-0.15, -0.1) is 0 Å². The van der Waals surface area contributed by atoms with Gasteiger partial charge in [0.15, 0.2) is 0 Å². The van der Waals surface area contributed by atoms with Crippen molar-refractivity contribution in [2.75, 3.05) is 6.54 Å². The quantitative estimate of drug-likeness (QED) is 0.761. The van der Waals surface area contributed by atoms with Crippen LogP contribution in [0.25, 0.3) is 0 Å². The molecule has 1 saturated carbocycles. The summed E-state index contributed by atoms with van der Waals surface area (Å²) in [6, 6.07) is 4.51. The van der Waals surface area contributed by atoms with E-state index in [1.807, 2.05) is 0 Å². The maximum Gasteiger partial charge on any atom is 0.303 e. The SMILES string of the molecule is O=C(O)CCCCNC(=O)C1CC1c1c(F)cccc1Cl. The Morgan fingerprint density at radius 1 is 1.38 bits per heavy atom. The van der Waals surface area contributed by atoms with Crippen LogP contribution < -0.4 is 5.32 Å². The zero-order chi connectivity index (χ0) is 15.4. The average Bonchev–Trinajstić information content (AvgIpc) is 3.18. The van der Waals surface area contributed by atoms with Crippen molar-refractivity contribution in [2.45, 2.75) is 31.6 Å². The van der Waals surface area contributed by atoms with Gasteiger partial charge in [-0.05, 0) is 31.4 Å². The van der Waals surface area contributed by atoms with E-state index in [4.69, 9.17) is 16.7 Å². The van der Waals surface area contributed by atoms with Gasteiger partial charge in [-0.1, -0.05) is 17.7 Å². The first-order valence-electron chi connectivity index (χ1n) is 6.94. The Hall–Kier alpha value is -1.62. The maximum absolute atomic E-state index is 13.7. The summed E-state index contributed by atoms with van der Waals surface area (Å²) < 4.78 is 13.7. The number of carboxylic acid groups (broad SMARTS) is 1. The molecule has 0 spiro atoms. The summed E-state index contributed by atoms with van der Waals surface area (Å²) in [5.41, 5.74) is 0.421. The number of carbonyl (C=O) groups is 2. The van der Waals surface area contributed by atoms with Gasteiger partial charge in [0.2, 0.25) is 5.91 Å². The number of carboxylic acids is 1. The Bertz CT molecular complexity index is 529. The number of unbranched alkanes of at least 4 members (excludes halogenated alkanes) is 1. The van der Waals surface area contributed by atoms with Gasteiger partial charge in [0.1, 0.15) is 5.82 Å². The second-order valence-corrected chi connectivity index (χ2v) is 5.63. The zero-order valence-corrected chi connectivity index (χ0v) is 12.2. The molecule has 1 amide bonds. The predicted molar refractivity (Wildman–Crippen MR) is 76.8 cm³/mol. The zero-order valence-electron chi connectivity index (χ0n) is 11.4. The number of hydrogen-bond acceptors (Lipinski definition) is 2. The molecule has 2 N–H and O–H groups in total. The molecule has 1 aromatic rings. The Morgan fingerprint density at radius 3 is 2.81 bits per heavy atom. The van der Waals surface area contributed by atoms with Crippen molar-refractivity contribution in [1.82, 2.24) is 5.32 Å². The number of hydrogen-bond donors (Lipinski definition) is 2. The lowest BCUT2D eigenvalue weighted by Gasteiger charge is -2.06. The van der Waals surface area contributed by atoms with Gasteiger partial charge in [0, 0.05) is 35.4 Å². The summed E-state index contributed by atoms with van der Waals surface area (Å²) in [5.74, 6) is -1.71. The van der Waals surface area contributed by atoms with E-state index in [-0.39, 0.29) is 30.0 Å². The highest BCUT2D eigenvalue weighted by molar-refractivity contribution is 6.31. The van der Waals surface area contributed by atoms with Crippen molar-refractivity contribution < 1.29 is 19.1 Å². The molecule has 0 radical (unpaired) electrons. The molecule has 0 saturated heterocycles. The van der Waals surface area contributed by atoms with Crippen LogP contribution >= 0.6 is 11.6 Å². The van der Waals surface area contributed by atoms with Gasteiger partial charge in [-0.25, -0.2) is 4.39 Å². The molecule has 0 bridgehead atoms. The normalized spacial score (nSPS) is 20.1. The fraction of sp³-hybridized carbons (Fsp3) is 0.467. The first kappa shape index (κ1) is 15.8. The molecular weight excluding hydrogens is 297 g/mol. The standard InChI is InChI=1S/C15H17ClFNO3/c16-11-4-3-5-12(17)14(11)9-8-10(9)15(21)18-7-2-1-6-13(19)20/h3-5,9-10H,1-2,6-8H2,(H,18,21)(H,19,20). The minimum absolute atomic E-state index is 0.104. The summed E-state index contributed by atoms with van der Waals surface area (Å²) in [5, 5.41) is 11.6. The third kappa shape index (κ3) is 4.17. The number of rotatable bonds is 7. The first-order chi connectivity index (χ1) is 10.0. The van der Waals surface area contributed by atoms with Gasteiger partial charge < -0.3 is 10.4 Å². The van der Waals surface area contributed by atoms with E-state index in [0.717, 1.165) is 0 Å². The van der Waals surface area contributed by atoms with Crippen LogP contribution in [-0.2, 0) is 9.59 Å². The van der Waals surface area contributed by atoms with Crippen molar-refractivity contribution in [1.29, 1.82) is 0 Å². The number of halogens is 2. The molecule has 1 aliphatic rings. The Morgan fingerprint density at radius 2 is 2.14 bits per heavy atom. The van der Waals surface area contributed by atoms with Crippen molar-refractivity contribution in [2.24, 2.45) is 5.92 Å². The minimum atomic E-state index is -0.835. The molecule has 2 unspecified atom stereocenters. The third-order valence-corrected chi connectivity index (χ3v) is 3.94. The van der Waals surface area contributed by atoms with Crippen molar-refractivity contribution in [3.8, 4) is 0 Å². The van der Waals surface area contributed by atoms with Crippen LogP contribution in [0.5, 0.6) is 0 Å². The first-order valence-corrected chi connectivity index (χ1v) is 7.32. The molecule has 1 aliphatic carbocycles. The lowest BCUT2D eigenvalue weighted by atomic mass is 10.1. The van der Waals surface area contributed by atoms with Crippen molar-refractivity contribution >= 4 is 23.5 Å². The molecule has 0 aromatic heterocycles. The van der Waals surface area contributed by atoms with Gasteiger partial charge in [0.05, 0.1) is 0 Å². The topological polar surface area (TPSA) is 66.4 Å². The summed E-state index contributed by atoms with van der Waals surface area (Å²) in [6.45, 7) is 0.445. The van der Waals surface area contributed by atoms with E-state index in [1.54, 1.807) is 12.1 Å². The molecule has 6 heteroatoms. The fourth-order valence-electron chi connectivity index (χ4n) is 2.41. The summed E-state index contributed by atoms with van der Waals surface area (Å²) >= 11 is 5.98. The van der Waals surface area contributed by atoms with Gasteiger partial charge in [-0.3, -0.25) is 9.59 Å². The molecule has 2 rings (SSSR count). The number of nitrogens with one attached hydrogen (secondary N) is 1. The molecule has 114 valence electrons. The van der Waals surface area contributed by atoms with Gasteiger partial charge in [-0.2, -0.15) is 0 Å². The largest absolute Gasteiger partial charge is 0.481 e. The van der Waals surface area contributed by atoms with E-state index in [0.29, 0.717) is 36.4 Å². The minimum Gasteiger partial charge on any atom is -0.481 e. The third-order valence-electron chi connectivity index (χ3n) is 3.61.